The zero-order valence-electron chi connectivity index (χ0n) is 14.3. The second-order valence-electron chi connectivity index (χ2n) is 6.89. The van der Waals surface area contributed by atoms with E-state index in [4.69, 9.17) is 5.73 Å². The maximum absolute atomic E-state index is 13.3. The molecule has 1 aliphatic heterocycles. The molecule has 1 aromatic carbocycles. The summed E-state index contributed by atoms with van der Waals surface area (Å²) >= 11 is 0. The highest BCUT2D eigenvalue weighted by Gasteiger charge is 2.33. The van der Waals surface area contributed by atoms with E-state index < -0.39 is 0 Å². The molecule has 1 saturated carbocycles. The van der Waals surface area contributed by atoms with Crippen molar-refractivity contribution < 1.29 is 9.18 Å². The van der Waals surface area contributed by atoms with E-state index >= 15 is 0 Å². The minimum absolute atomic E-state index is 0. The number of likely N-dealkylation sites (tertiary alicyclic amines) is 1. The fourth-order valence-corrected chi connectivity index (χ4v) is 3.48. The summed E-state index contributed by atoms with van der Waals surface area (Å²) in [6.45, 7) is 2.92. The monoisotopic (exact) mass is 391 g/mol. The van der Waals surface area contributed by atoms with Gasteiger partial charge in [0.1, 0.15) is 5.82 Å². The normalized spacial score (nSPS) is 21.6. The maximum atomic E-state index is 13.3. The van der Waals surface area contributed by atoms with E-state index in [2.05, 4.69) is 10.2 Å². The lowest BCUT2D eigenvalue weighted by molar-refractivity contribution is -0.127. The van der Waals surface area contributed by atoms with Crippen LogP contribution < -0.4 is 11.1 Å². The third kappa shape index (κ3) is 6.41. The van der Waals surface area contributed by atoms with Gasteiger partial charge in [-0.05, 0) is 55.8 Å². The Morgan fingerprint density at radius 2 is 2.08 bits per heavy atom. The molecule has 2 atom stereocenters. The van der Waals surface area contributed by atoms with Gasteiger partial charge in [0.2, 0.25) is 5.91 Å². The number of halogens is 3. The quantitative estimate of drug-likeness (QED) is 0.783. The van der Waals surface area contributed by atoms with Crippen molar-refractivity contribution in [1.82, 2.24) is 10.2 Å². The summed E-state index contributed by atoms with van der Waals surface area (Å²) in [5.41, 5.74) is 6.74. The summed E-state index contributed by atoms with van der Waals surface area (Å²) in [4.78, 5) is 14.7. The Hall–Kier alpha value is -0.880. The fourth-order valence-electron chi connectivity index (χ4n) is 3.48. The van der Waals surface area contributed by atoms with Gasteiger partial charge in [-0.15, -0.1) is 24.8 Å². The Balaban J connectivity index is 0.00000156. The zero-order chi connectivity index (χ0) is 16.2. The molecule has 142 valence electrons. The Bertz CT molecular complexity index is 557. The summed E-state index contributed by atoms with van der Waals surface area (Å²) in [6, 6.07) is 6.84. The van der Waals surface area contributed by atoms with Crippen LogP contribution in [0.25, 0.3) is 0 Å². The van der Waals surface area contributed by atoms with Gasteiger partial charge in [0, 0.05) is 25.7 Å². The van der Waals surface area contributed by atoms with Crippen LogP contribution in [0.5, 0.6) is 0 Å². The van der Waals surface area contributed by atoms with Gasteiger partial charge in [0.05, 0.1) is 5.92 Å². The number of carbonyl (C=O) groups is 1. The van der Waals surface area contributed by atoms with Gasteiger partial charge in [-0.3, -0.25) is 9.69 Å². The zero-order valence-corrected chi connectivity index (χ0v) is 16.0. The topological polar surface area (TPSA) is 58.4 Å². The minimum atomic E-state index is -0.205. The number of hydrogen-bond acceptors (Lipinski definition) is 3. The van der Waals surface area contributed by atoms with E-state index in [-0.39, 0.29) is 48.5 Å². The molecule has 0 bridgehead atoms. The first-order valence-electron chi connectivity index (χ1n) is 8.63. The molecule has 0 aromatic heterocycles. The van der Waals surface area contributed by atoms with Crippen molar-refractivity contribution in [3.05, 3.63) is 35.6 Å². The third-order valence-electron chi connectivity index (χ3n) is 4.94. The summed E-state index contributed by atoms with van der Waals surface area (Å²) in [5, 5.41) is 3.14. The summed E-state index contributed by atoms with van der Waals surface area (Å²) in [6.07, 6.45) is 4.29. The van der Waals surface area contributed by atoms with Crippen molar-refractivity contribution in [1.29, 1.82) is 0 Å². The van der Waals surface area contributed by atoms with Crippen molar-refractivity contribution in [2.24, 2.45) is 17.6 Å². The molecule has 1 saturated heterocycles. The number of carbonyl (C=O) groups excluding carboxylic acids is 1. The molecule has 1 amide bonds. The van der Waals surface area contributed by atoms with E-state index in [1.54, 1.807) is 12.1 Å². The summed E-state index contributed by atoms with van der Waals surface area (Å²) < 4.78 is 13.3. The van der Waals surface area contributed by atoms with E-state index in [1.807, 2.05) is 6.07 Å². The van der Waals surface area contributed by atoms with Crippen molar-refractivity contribution in [3.63, 3.8) is 0 Å². The maximum Gasteiger partial charge on any atom is 0.224 e. The molecule has 3 rings (SSSR count). The molecule has 2 fully saturated rings. The van der Waals surface area contributed by atoms with Gasteiger partial charge >= 0.3 is 0 Å². The first-order valence-corrected chi connectivity index (χ1v) is 8.63. The first-order chi connectivity index (χ1) is 11.2. The molecular weight excluding hydrogens is 364 g/mol. The number of rotatable bonds is 6. The van der Waals surface area contributed by atoms with Crippen LogP contribution in [-0.2, 0) is 11.3 Å². The van der Waals surface area contributed by atoms with Crippen molar-refractivity contribution in [2.45, 2.75) is 38.3 Å². The lowest BCUT2D eigenvalue weighted by Gasteiger charge is -2.33. The lowest BCUT2D eigenvalue weighted by atomic mass is 9.96. The van der Waals surface area contributed by atoms with E-state index in [1.165, 1.54) is 18.9 Å². The smallest absolute Gasteiger partial charge is 0.224 e. The number of nitrogens with zero attached hydrogens (tertiary/aromatic N) is 1. The predicted molar refractivity (Wildman–Crippen MR) is 103 cm³/mol. The molecule has 4 nitrogen and oxygen atoms in total. The number of piperidine rings is 1. The molecule has 1 heterocycles. The van der Waals surface area contributed by atoms with Gasteiger partial charge in [0.15, 0.2) is 0 Å². The Morgan fingerprint density at radius 1 is 1.32 bits per heavy atom. The van der Waals surface area contributed by atoms with Gasteiger partial charge in [-0.25, -0.2) is 4.39 Å². The molecule has 1 aromatic rings. The van der Waals surface area contributed by atoms with Gasteiger partial charge in [-0.2, -0.15) is 0 Å². The van der Waals surface area contributed by atoms with Crippen LogP contribution in [0.2, 0.25) is 0 Å². The third-order valence-corrected chi connectivity index (χ3v) is 4.94. The Morgan fingerprint density at radius 3 is 2.72 bits per heavy atom. The molecule has 3 N–H and O–H groups in total. The predicted octanol–water partition coefficient (Wildman–Crippen LogP) is 2.73. The number of amides is 1. The van der Waals surface area contributed by atoms with Crippen molar-refractivity contribution >= 4 is 30.7 Å². The van der Waals surface area contributed by atoms with Crippen LogP contribution >= 0.6 is 24.8 Å². The van der Waals surface area contributed by atoms with Crippen LogP contribution in [0.15, 0.2) is 24.3 Å². The second-order valence-corrected chi connectivity index (χ2v) is 6.89. The van der Waals surface area contributed by atoms with Crippen LogP contribution in [0.1, 0.15) is 31.2 Å². The van der Waals surface area contributed by atoms with Gasteiger partial charge in [-0.1, -0.05) is 12.1 Å². The van der Waals surface area contributed by atoms with E-state index in [0.717, 1.165) is 31.5 Å². The second kappa shape index (κ2) is 10.3. The molecule has 1 aliphatic carbocycles. The molecule has 0 radical (unpaired) electrons. The molecule has 25 heavy (non-hydrogen) atoms. The largest absolute Gasteiger partial charge is 0.352 e. The Kier molecular flexibility index (Phi) is 9.14. The van der Waals surface area contributed by atoms with Crippen LogP contribution in [0.4, 0.5) is 4.39 Å². The van der Waals surface area contributed by atoms with Crippen LogP contribution in [0.3, 0.4) is 0 Å². The van der Waals surface area contributed by atoms with E-state index in [0.29, 0.717) is 19.0 Å². The van der Waals surface area contributed by atoms with Gasteiger partial charge in [0.25, 0.3) is 0 Å². The molecule has 7 heteroatoms. The highest BCUT2D eigenvalue weighted by molar-refractivity contribution is 5.85. The minimum Gasteiger partial charge on any atom is -0.352 e. The highest BCUT2D eigenvalue weighted by atomic mass is 35.5. The first kappa shape index (κ1) is 22.2. The Labute approximate surface area is 161 Å². The molecule has 0 spiro atoms. The molecule has 2 aliphatic rings. The number of nitrogens with one attached hydrogen (secondary N) is 1. The van der Waals surface area contributed by atoms with Crippen LogP contribution in [-0.4, -0.2) is 36.5 Å². The lowest BCUT2D eigenvalue weighted by Crippen LogP contribution is -2.48. The van der Waals surface area contributed by atoms with E-state index in [9.17, 15) is 9.18 Å². The number of hydrogen-bond donors (Lipinski definition) is 2. The highest BCUT2D eigenvalue weighted by Crippen LogP contribution is 2.32. The molecule has 2 unspecified atom stereocenters. The SMILES string of the molecule is Cl.Cl.NCC(NC(=O)C1CCCN(Cc2cccc(F)c2)C1)C1CC1. The molecular formula is C18H28Cl2FN3O. The fraction of sp³-hybridized carbons (Fsp3) is 0.611. The number of benzene rings is 1. The number of nitrogens with two attached hydrogens (primary N) is 1. The van der Waals surface area contributed by atoms with Crippen molar-refractivity contribution in [2.75, 3.05) is 19.6 Å². The van der Waals surface area contributed by atoms with Crippen molar-refractivity contribution in [3.8, 4) is 0 Å². The average molecular weight is 392 g/mol. The summed E-state index contributed by atoms with van der Waals surface area (Å²) in [7, 11) is 0. The summed E-state index contributed by atoms with van der Waals surface area (Å²) in [5.74, 6) is 0.529. The van der Waals surface area contributed by atoms with Crippen LogP contribution in [0, 0.1) is 17.7 Å². The standard InChI is InChI=1S/C18H26FN3O.2ClH/c19-16-5-1-3-13(9-16)11-22-8-2-4-15(12-22)18(23)21-17(10-20)14-6-7-14;;/h1,3,5,9,14-15,17H,2,4,6-8,10-12,20H2,(H,21,23);2*1H. The van der Waals surface area contributed by atoms with Gasteiger partial charge < -0.3 is 11.1 Å². The average Bonchev–Trinajstić information content (AvgIpc) is 3.37.